The van der Waals surface area contributed by atoms with Crippen LogP contribution in [0.25, 0.3) is 0 Å². The van der Waals surface area contributed by atoms with Crippen LogP contribution in [0, 0.1) is 10.1 Å². The molecule has 1 aliphatic rings. The maximum atomic E-state index is 11.1. The molecule has 2 aromatic carbocycles. The Kier molecular flexibility index (Phi) is 3.74. The molecular formula is C16H14N2O4. The van der Waals surface area contributed by atoms with E-state index in [4.69, 9.17) is 9.57 Å². The number of oxime groups is 1. The zero-order chi connectivity index (χ0) is 15.5. The van der Waals surface area contributed by atoms with Gasteiger partial charge in [-0.3, -0.25) is 10.1 Å². The van der Waals surface area contributed by atoms with Crippen molar-refractivity contribution in [2.24, 2.45) is 5.16 Å². The van der Waals surface area contributed by atoms with Crippen molar-refractivity contribution in [1.29, 1.82) is 0 Å². The van der Waals surface area contributed by atoms with Crippen molar-refractivity contribution in [3.63, 3.8) is 0 Å². The van der Waals surface area contributed by atoms with Crippen molar-refractivity contribution in [3.8, 4) is 5.75 Å². The van der Waals surface area contributed by atoms with Crippen LogP contribution >= 0.6 is 0 Å². The Morgan fingerprint density at radius 2 is 2.05 bits per heavy atom. The summed E-state index contributed by atoms with van der Waals surface area (Å²) in [5.41, 5.74) is 2.47. The summed E-state index contributed by atoms with van der Waals surface area (Å²) in [6.45, 7) is 0. The van der Waals surface area contributed by atoms with Crippen LogP contribution in [0.5, 0.6) is 5.75 Å². The first-order valence-corrected chi connectivity index (χ1v) is 6.79. The highest BCUT2D eigenvalue weighted by atomic mass is 16.6. The zero-order valence-electron chi connectivity index (χ0n) is 11.9. The molecule has 0 radical (unpaired) electrons. The lowest BCUT2D eigenvalue weighted by atomic mass is 10.00. The van der Waals surface area contributed by atoms with Gasteiger partial charge in [-0.15, -0.1) is 0 Å². The van der Waals surface area contributed by atoms with Gasteiger partial charge in [0.05, 0.1) is 17.7 Å². The molecule has 0 N–H and O–H groups in total. The smallest absolute Gasteiger partial charge is 0.311 e. The minimum Gasteiger partial charge on any atom is -0.490 e. The predicted molar refractivity (Wildman–Crippen MR) is 81.1 cm³/mol. The molecule has 6 nitrogen and oxygen atoms in total. The van der Waals surface area contributed by atoms with Crippen molar-refractivity contribution < 1.29 is 14.5 Å². The standard InChI is InChI=1S/C16H14N2O4/c1-21-15-8-7-12(9-14(15)18(19)20)16-10-13(17-22-16)11-5-3-2-4-6-11/h2-9,16H,10H2,1H3. The molecule has 3 rings (SSSR count). The molecule has 1 unspecified atom stereocenters. The molecule has 2 aromatic rings. The van der Waals surface area contributed by atoms with E-state index < -0.39 is 4.92 Å². The van der Waals surface area contributed by atoms with Gasteiger partial charge in [-0.2, -0.15) is 0 Å². The number of nitrogens with zero attached hydrogens (tertiary/aromatic N) is 2. The largest absolute Gasteiger partial charge is 0.490 e. The van der Waals surface area contributed by atoms with Gasteiger partial charge in [0.15, 0.2) is 11.9 Å². The number of ether oxygens (including phenoxy) is 1. The molecule has 0 saturated carbocycles. The SMILES string of the molecule is COc1ccc(C2CC(c3ccccc3)=NO2)cc1[N+](=O)[O-]. The van der Waals surface area contributed by atoms with E-state index >= 15 is 0 Å². The topological polar surface area (TPSA) is 74.0 Å². The Morgan fingerprint density at radius 1 is 1.27 bits per heavy atom. The summed E-state index contributed by atoms with van der Waals surface area (Å²) in [4.78, 5) is 16.1. The number of hydrogen-bond acceptors (Lipinski definition) is 5. The Hall–Kier alpha value is -2.89. The molecule has 112 valence electrons. The van der Waals surface area contributed by atoms with Gasteiger partial charge in [-0.25, -0.2) is 0 Å². The molecule has 0 aromatic heterocycles. The lowest BCUT2D eigenvalue weighted by molar-refractivity contribution is -0.385. The fourth-order valence-corrected chi connectivity index (χ4v) is 2.41. The van der Waals surface area contributed by atoms with Crippen molar-refractivity contribution in [2.45, 2.75) is 12.5 Å². The summed E-state index contributed by atoms with van der Waals surface area (Å²) in [5, 5.41) is 15.2. The monoisotopic (exact) mass is 298 g/mol. The van der Waals surface area contributed by atoms with Crippen molar-refractivity contribution in [2.75, 3.05) is 7.11 Å². The molecule has 0 saturated heterocycles. The van der Waals surface area contributed by atoms with Crippen molar-refractivity contribution in [3.05, 3.63) is 69.8 Å². The number of benzene rings is 2. The molecule has 0 fully saturated rings. The van der Waals surface area contributed by atoms with Crippen LogP contribution in [0.3, 0.4) is 0 Å². The third kappa shape index (κ3) is 2.63. The molecule has 0 amide bonds. The first kappa shape index (κ1) is 14.1. The Bertz CT molecular complexity index is 728. The first-order valence-electron chi connectivity index (χ1n) is 6.79. The second-order valence-corrected chi connectivity index (χ2v) is 4.89. The lowest BCUT2D eigenvalue weighted by Crippen LogP contribution is -2.03. The Balaban J connectivity index is 1.83. The number of hydrogen-bond donors (Lipinski definition) is 0. The van der Waals surface area contributed by atoms with Crippen LogP contribution in [-0.4, -0.2) is 17.7 Å². The van der Waals surface area contributed by atoms with Gasteiger partial charge in [0.2, 0.25) is 0 Å². The average Bonchev–Trinajstić information content (AvgIpc) is 3.05. The van der Waals surface area contributed by atoms with E-state index in [-0.39, 0.29) is 17.5 Å². The summed E-state index contributed by atoms with van der Waals surface area (Å²) < 4.78 is 5.00. The molecule has 1 atom stereocenters. The molecule has 0 spiro atoms. The van der Waals surface area contributed by atoms with Gasteiger partial charge >= 0.3 is 5.69 Å². The number of nitro benzene ring substituents is 1. The molecule has 1 aliphatic heterocycles. The van der Waals surface area contributed by atoms with E-state index in [1.807, 2.05) is 30.3 Å². The van der Waals surface area contributed by atoms with Gasteiger partial charge in [0.25, 0.3) is 0 Å². The fourth-order valence-electron chi connectivity index (χ4n) is 2.41. The molecule has 0 bridgehead atoms. The number of nitro groups is 1. The highest BCUT2D eigenvalue weighted by Gasteiger charge is 2.26. The summed E-state index contributed by atoms with van der Waals surface area (Å²) in [7, 11) is 1.41. The van der Waals surface area contributed by atoms with Gasteiger partial charge < -0.3 is 9.57 Å². The van der Waals surface area contributed by atoms with Crippen LogP contribution in [-0.2, 0) is 4.84 Å². The van der Waals surface area contributed by atoms with Crippen LogP contribution in [0.2, 0.25) is 0 Å². The van der Waals surface area contributed by atoms with Crippen LogP contribution in [0.1, 0.15) is 23.7 Å². The summed E-state index contributed by atoms with van der Waals surface area (Å²) in [5.74, 6) is 0.232. The molecule has 6 heteroatoms. The third-order valence-corrected chi connectivity index (χ3v) is 3.55. The Labute approximate surface area is 127 Å². The van der Waals surface area contributed by atoms with E-state index in [1.165, 1.54) is 13.2 Å². The van der Waals surface area contributed by atoms with Gasteiger partial charge in [-0.1, -0.05) is 41.6 Å². The summed E-state index contributed by atoms with van der Waals surface area (Å²) in [6.07, 6.45) is 0.257. The van der Waals surface area contributed by atoms with Crippen molar-refractivity contribution in [1.82, 2.24) is 0 Å². The van der Waals surface area contributed by atoms with Crippen LogP contribution < -0.4 is 4.74 Å². The molecule has 1 heterocycles. The van der Waals surface area contributed by atoms with Crippen molar-refractivity contribution >= 4 is 11.4 Å². The fraction of sp³-hybridized carbons (Fsp3) is 0.188. The van der Waals surface area contributed by atoms with Gasteiger partial charge in [-0.05, 0) is 11.6 Å². The normalized spacial score (nSPS) is 16.8. The second kappa shape index (κ2) is 5.85. The van der Waals surface area contributed by atoms with E-state index in [2.05, 4.69) is 5.16 Å². The molecule has 22 heavy (non-hydrogen) atoms. The minimum absolute atomic E-state index is 0.0724. The van der Waals surface area contributed by atoms with Gasteiger partial charge in [0, 0.05) is 18.1 Å². The quantitative estimate of drug-likeness (QED) is 0.640. The minimum atomic E-state index is -0.462. The Morgan fingerprint density at radius 3 is 2.73 bits per heavy atom. The van der Waals surface area contributed by atoms with E-state index in [9.17, 15) is 10.1 Å². The van der Waals surface area contributed by atoms with E-state index in [0.29, 0.717) is 12.0 Å². The third-order valence-electron chi connectivity index (χ3n) is 3.55. The average molecular weight is 298 g/mol. The van der Waals surface area contributed by atoms with E-state index in [0.717, 1.165) is 11.3 Å². The lowest BCUT2D eigenvalue weighted by Gasteiger charge is -2.09. The van der Waals surface area contributed by atoms with Gasteiger partial charge in [0.1, 0.15) is 0 Å². The molecule has 0 aliphatic carbocycles. The maximum absolute atomic E-state index is 11.1. The first-order chi connectivity index (χ1) is 10.7. The summed E-state index contributed by atoms with van der Waals surface area (Å²) >= 11 is 0. The van der Waals surface area contributed by atoms with Crippen LogP contribution in [0.15, 0.2) is 53.7 Å². The number of methoxy groups -OCH3 is 1. The predicted octanol–water partition coefficient (Wildman–Crippen LogP) is 3.47. The maximum Gasteiger partial charge on any atom is 0.311 e. The highest BCUT2D eigenvalue weighted by Crippen LogP contribution is 2.35. The molecular weight excluding hydrogens is 284 g/mol. The summed E-state index contributed by atoms with van der Waals surface area (Å²) in [6, 6.07) is 14.5. The van der Waals surface area contributed by atoms with E-state index in [1.54, 1.807) is 12.1 Å². The number of rotatable bonds is 4. The van der Waals surface area contributed by atoms with Crippen LogP contribution in [0.4, 0.5) is 5.69 Å². The second-order valence-electron chi connectivity index (χ2n) is 4.89. The highest BCUT2D eigenvalue weighted by molar-refractivity contribution is 6.01. The zero-order valence-corrected chi connectivity index (χ0v) is 11.9.